The van der Waals surface area contributed by atoms with Gasteiger partial charge in [-0.05, 0) is 41.5 Å². The van der Waals surface area contributed by atoms with E-state index in [2.05, 4.69) is 10.3 Å². The summed E-state index contributed by atoms with van der Waals surface area (Å²) in [6.45, 7) is 1.90. The minimum atomic E-state index is -0.241. The second-order valence-corrected chi connectivity index (χ2v) is 5.76. The molecule has 1 aromatic heterocycles. The number of aromatic nitrogens is 1. The number of ether oxygens (including phenoxy) is 2. The number of nitrogens with zero attached hydrogens (tertiary/aromatic N) is 1. The van der Waals surface area contributed by atoms with Crippen molar-refractivity contribution in [3.8, 4) is 22.6 Å². The molecule has 0 amide bonds. The summed E-state index contributed by atoms with van der Waals surface area (Å²) in [6.07, 6.45) is 3.60. The molecule has 0 aliphatic carbocycles. The molecule has 3 rings (SSSR count). The van der Waals surface area contributed by atoms with Crippen LogP contribution in [0.15, 0.2) is 67.0 Å². The quantitative estimate of drug-likeness (QED) is 0.621. The van der Waals surface area contributed by atoms with E-state index in [1.807, 2.05) is 36.5 Å². The van der Waals surface area contributed by atoms with Crippen LogP contribution in [0.25, 0.3) is 11.1 Å². The maximum atomic E-state index is 13.0. The summed E-state index contributed by atoms with van der Waals surface area (Å²) < 4.78 is 24.0. The van der Waals surface area contributed by atoms with Gasteiger partial charge in [0, 0.05) is 31.0 Å². The van der Waals surface area contributed by atoms with Crippen molar-refractivity contribution >= 4 is 0 Å². The van der Waals surface area contributed by atoms with Gasteiger partial charge in [-0.1, -0.05) is 24.3 Å². The van der Waals surface area contributed by atoms with E-state index in [1.54, 1.807) is 25.4 Å². The summed E-state index contributed by atoms with van der Waals surface area (Å²) in [5.74, 6) is 1.22. The molecular formula is C21H21FN2O2. The first-order valence-corrected chi connectivity index (χ1v) is 8.42. The zero-order valence-corrected chi connectivity index (χ0v) is 14.6. The van der Waals surface area contributed by atoms with Crippen LogP contribution in [0, 0.1) is 5.82 Å². The van der Waals surface area contributed by atoms with Crippen LogP contribution in [-0.2, 0) is 6.54 Å². The largest absolute Gasteiger partial charge is 0.493 e. The Balaban J connectivity index is 1.49. The minimum Gasteiger partial charge on any atom is -0.493 e. The predicted molar refractivity (Wildman–Crippen MR) is 99.8 cm³/mol. The van der Waals surface area contributed by atoms with E-state index in [0.29, 0.717) is 19.7 Å². The van der Waals surface area contributed by atoms with Crippen LogP contribution >= 0.6 is 0 Å². The van der Waals surface area contributed by atoms with Crippen LogP contribution < -0.4 is 14.8 Å². The Morgan fingerprint density at radius 3 is 2.50 bits per heavy atom. The number of hydrogen-bond donors (Lipinski definition) is 1. The molecule has 4 nitrogen and oxygen atoms in total. The fourth-order valence-electron chi connectivity index (χ4n) is 2.59. The molecule has 0 spiro atoms. The van der Waals surface area contributed by atoms with Gasteiger partial charge in [0.25, 0.3) is 0 Å². The van der Waals surface area contributed by atoms with Gasteiger partial charge >= 0.3 is 0 Å². The van der Waals surface area contributed by atoms with Crippen LogP contribution in [0.1, 0.15) is 5.56 Å². The first-order valence-electron chi connectivity index (χ1n) is 8.42. The fourth-order valence-corrected chi connectivity index (χ4v) is 2.59. The van der Waals surface area contributed by atoms with Gasteiger partial charge in [-0.15, -0.1) is 0 Å². The zero-order valence-electron chi connectivity index (χ0n) is 14.6. The molecule has 0 saturated heterocycles. The first-order chi connectivity index (χ1) is 12.8. The molecule has 0 fully saturated rings. The number of hydrogen-bond acceptors (Lipinski definition) is 4. The zero-order chi connectivity index (χ0) is 18.2. The third kappa shape index (κ3) is 4.80. The molecule has 26 heavy (non-hydrogen) atoms. The third-order valence-corrected chi connectivity index (χ3v) is 3.91. The standard InChI is InChI=1S/C21H21FN2O2/c1-25-20-4-2-3-5-21(20)26-11-10-23-13-16-12-18(15-24-14-16)17-6-8-19(22)9-7-17/h2-9,12,14-15,23H,10-11,13H2,1H3. The van der Waals surface area contributed by atoms with Crippen molar-refractivity contribution in [1.82, 2.24) is 10.3 Å². The maximum absolute atomic E-state index is 13.0. The molecule has 0 radical (unpaired) electrons. The summed E-state index contributed by atoms with van der Waals surface area (Å²) in [6, 6.07) is 16.0. The molecule has 0 bridgehead atoms. The van der Waals surface area contributed by atoms with E-state index in [-0.39, 0.29) is 5.82 Å². The smallest absolute Gasteiger partial charge is 0.161 e. The SMILES string of the molecule is COc1ccccc1OCCNCc1cncc(-c2ccc(F)cc2)c1. The van der Waals surface area contributed by atoms with Crippen molar-refractivity contribution in [3.63, 3.8) is 0 Å². The van der Waals surface area contributed by atoms with Crippen molar-refractivity contribution < 1.29 is 13.9 Å². The molecular weight excluding hydrogens is 331 g/mol. The van der Waals surface area contributed by atoms with Crippen LogP contribution in [0.3, 0.4) is 0 Å². The Kier molecular flexibility index (Phi) is 6.17. The van der Waals surface area contributed by atoms with Crippen molar-refractivity contribution in [2.45, 2.75) is 6.54 Å². The lowest BCUT2D eigenvalue weighted by atomic mass is 10.1. The predicted octanol–water partition coefficient (Wildman–Crippen LogP) is 4.06. The van der Waals surface area contributed by atoms with E-state index in [1.165, 1.54) is 12.1 Å². The highest BCUT2D eigenvalue weighted by molar-refractivity contribution is 5.62. The van der Waals surface area contributed by atoms with Crippen molar-refractivity contribution in [3.05, 3.63) is 78.4 Å². The van der Waals surface area contributed by atoms with Gasteiger partial charge in [0.2, 0.25) is 0 Å². The van der Waals surface area contributed by atoms with E-state index in [4.69, 9.17) is 9.47 Å². The molecule has 1 N–H and O–H groups in total. The summed E-state index contributed by atoms with van der Waals surface area (Å²) in [7, 11) is 1.63. The van der Waals surface area contributed by atoms with E-state index >= 15 is 0 Å². The molecule has 0 saturated carbocycles. The van der Waals surface area contributed by atoms with Gasteiger partial charge in [-0.2, -0.15) is 0 Å². The number of nitrogens with one attached hydrogen (secondary N) is 1. The number of pyridine rings is 1. The van der Waals surface area contributed by atoms with Crippen LogP contribution in [0.4, 0.5) is 4.39 Å². The topological polar surface area (TPSA) is 43.4 Å². The fraction of sp³-hybridized carbons (Fsp3) is 0.190. The van der Waals surface area contributed by atoms with Crippen LogP contribution in [-0.4, -0.2) is 25.2 Å². The summed E-state index contributed by atoms with van der Waals surface area (Å²) in [5, 5.41) is 3.33. The molecule has 0 atom stereocenters. The number of methoxy groups -OCH3 is 1. The molecule has 1 heterocycles. The highest BCUT2D eigenvalue weighted by Gasteiger charge is 2.03. The lowest BCUT2D eigenvalue weighted by molar-refractivity contribution is 0.292. The maximum Gasteiger partial charge on any atom is 0.161 e. The Morgan fingerprint density at radius 1 is 0.962 bits per heavy atom. The van der Waals surface area contributed by atoms with Crippen molar-refractivity contribution in [2.75, 3.05) is 20.3 Å². The van der Waals surface area contributed by atoms with Crippen LogP contribution in [0.5, 0.6) is 11.5 Å². The van der Waals surface area contributed by atoms with Gasteiger partial charge in [-0.25, -0.2) is 4.39 Å². The first kappa shape index (κ1) is 17.9. The molecule has 0 aliphatic rings. The molecule has 0 aliphatic heterocycles. The second-order valence-electron chi connectivity index (χ2n) is 5.76. The van der Waals surface area contributed by atoms with Gasteiger partial charge in [0.05, 0.1) is 7.11 Å². The summed E-state index contributed by atoms with van der Waals surface area (Å²) >= 11 is 0. The molecule has 5 heteroatoms. The average molecular weight is 352 g/mol. The summed E-state index contributed by atoms with van der Waals surface area (Å²) in [5.41, 5.74) is 2.97. The lowest BCUT2D eigenvalue weighted by Crippen LogP contribution is -2.20. The molecule has 0 unspecified atom stereocenters. The van der Waals surface area contributed by atoms with Gasteiger partial charge in [0.1, 0.15) is 12.4 Å². The Morgan fingerprint density at radius 2 is 1.73 bits per heavy atom. The Bertz CT molecular complexity index is 837. The second kappa shape index (κ2) is 8.97. The number of benzene rings is 2. The number of para-hydroxylation sites is 2. The molecule has 2 aromatic carbocycles. The van der Waals surface area contributed by atoms with Crippen molar-refractivity contribution in [1.29, 1.82) is 0 Å². The van der Waals surface area contributed by atoms with E-state index in [0.717, 1.165) is 28.2 Å². The molecule has 3 aromatic rings. The highest BCUT2D eigenvalue weighted by Crippen LogP contribution is 2.25. The van der Waals surface area contributed by atoms with Gasteiger partial charge in [-0.3, -0.25) is 4.98 Å². The van der Waals surface area contributed by atoms with E-state index < -0.39 is 0 Å². The monoisotopic (exact) mass is 352 g/mol. The lowest BCUT2D eigenvalue weighted by Gasteiger charge is -2.11. The summed E-state index contributed by atoms with van der Waals surface area (Å²) in [4.78, 5) is 4.27. The Labute approximate surface area is 152 Å². The number of rotatable bonds is 8. The Hall–Kier alpha value is -2.92. The molecule has 134 valence electrons. The highest BCUT2D eigenvalue weighted by atomic mass is 19.1. The van der Waals surface area contributed by atoms with Gasteiger partial charge in [0.15, 0.2) is 11.5 Å². The van der Waals surface area contributed by atoms with Crippen molar-refractivity contribution in [2.24, 2.45) is 0 Å². The minimum absolute atomic E-state index is 0.241. The number of halogens is 1. The van der Waals surface area contributed by atoms with E-state index in [9.17, 15) is 4.39 Å². The normalized spacial score (nSPS) is 10.5. The average Bonchev–Trinajstić information content (AvgIpc) is 2.69. The van der Waals surface area contributed by atoms with Crippen LogP contribution in [0.2, 0.25) is 0 Å². The van der Waals surface area contributed by atoms with Gasteiger partial charge < -0.3 is 14.8 Å². The third-order valence-electron chi connectivity index (χ3n) is 3.91.